The highest BCUT2D eigenvalue weighted by Crippen LogP contribution is 2.55. The van der Waals surface area contributed by atoms with Crippen LogP contribution in [0, 0.1) is 18.2 Å². The quantitative estimate of drug-likeness (QED) is 0.425. The van der Waals surface area contributed by atoms with Gasteiger partial charge in [-0.3, -0.25) is 9.79 Å². The first-order valence-corrected chi connectivity index (χ1v) is 11.7. The Morgan fingerprint density at radius 1 is 1.21 bits per heavy atom. The van der Waals surface area contributed by atoms with Crippen molar-refractivity contribution in [3.63, 3.8) is 0 Å². The Balaban J connectivity index is 1.77. The minimum atomic E-state index is -0.440. The van der Waals surface area contributed by atoms with Crippen LogP contribution in [0.3, 0.4) is 0 Å². The molecule has 5 heteroatoms. The number of aryl methyl sites for hydroxylation is 1. The van der Waals surface area contributed by atoms with Crippen molar-refractivity contribution in [3.8, 4) is 5.69 Å². The molecule has 3 aromatic rings. The Morgan fingerprint density at radius 2 is 1.94 bits per heavy atom. The maximum atomic E-state index is 14.1. The van der Waals surface area contributed by atoms with Crippen LogP contribution in [0.1, 0.15) is 80.3 Å². The van der Waals surface area contributed by atoms with Gasteiger partial charge in [0.2, 0.25) is 0 Å². The van der Waals surface area contributed by atoms with Crippen LogP contribution in [0.2, 0.25) is 0 Å². The first-order chi connectivity index (χ1) is 15.6. The predicted octanol–water partition coefficient (Wildman–Crippen LogP) is 6.58. The molecule has 1 aliphatic carbocycles. The van der Waals surface area contributed by atoms with E-state index in [0.29, 0.717) is 12.1 Å². The summed E-state index contributed by atoms with van der Waals surface area (Å²) in [5, 5.41) is 1.22. The minimum Gasteiger partial charge on any atom is -0.469 e. The second-order valence-electron chi connectivity index (χ2n) is 10.3. The predicted molar refractivity (Wildman–Crippen MR) is 130 cm³/mol. The van der Waals surface area contributed by atoms with E-state index >= 15 is 0 Å². The molecule has 1 saturated carbocycles. The molecule has 0 bridgehead atoms. The van der Waals surface area contributed by atoms with Crippen LogP contribution in [0.25, 0.3) is 16.6 Å². The van der Waals surface area contributed by atoms with Gasteiger partial charge in [0.15, 0.2) is 0 Å². The monoisotopic (exact) mass is 446 g/mol. The van der Waals surface area contributed by atoms with Crippen LogP contribution >= 0.6 is 0 Å². The summed E-state index contributed by atoms with van der Waals surface area (Å²) in [6.45, 7) is 11.0. The molecule has 5 rings (SSSR count). The maximum absolute atomic E-state index is 14.1. The van der Waals surface area contributed by atoms with Crippen molar-refractivity contribution in [1.29, 1.82) is 0 Å². The number of esters is 1. The average molecular weight is 447 g/mol. The van der Waals surface area contributed by atoms with E-state index in [0.717, 1.165) is 29.8 Å². The third-order valence-corrected chi connectivity index (χ3v) is 7.57. The van der Waals surface area contributed by atoms with Gasteiger partial charge in [-0.25, -0.2) is 4.39 Å². The second kappa shape index (κ2) is 7.54. The van der Waals surface area contributed by atoms with Gasteiger partial charge in [-0.05, 0) is 92.5 Å². The number of carbonyl (C=O) groups is 1. The van der Waals surface area contributed by atoms with Gasteiger partial charge in [0, 0.05) is 28.0 Å². The highest BCUT2D eigenvalue weighted by molar-refractivity contribution is 6.06. The number of nitrogens with zero attached hydrogens (tertiary/aromatic N) is 2. The average Bonchev–Trinajstić information content (AvgIpc) is 3.29. The molecule has 1 fully saturated rings. The van der Waals surface area contributed by atoms with Crippen LogP contribution in [-0.2, 0) is 16.1 Å². The molecule has 0 unspecified atom stereocenters. The van der Waals surface area contributed by atoms with Crippen LogP contribution in [0.15, 0.2) is 35.3 Å². The van der Waals surface area contributed by atoms with Gasteiger partial charge in [-0.15, -0.1) is 0 Å². The molecule has 0 spiro atoms. The van der Waals surface area contributed by atoms with Crippen molar-refractivity contribution < 1.29 is 13.9 Å². The normalized spacial score (nSPS) is 21.8. The number of fused-ring (bicyclic) bond motifs is 2. The standard InChI is InChI=1S/C28H31FN2O2/c1-15(2)26-25(19-12-28(5,13-19)27(32)33-6)22-10-18-14-30-17(4)21(18)11-24(22)31(26)20-7-8-23(29)16(3)9-20/h7-11,15,19H,12-14H2,1-6H3. The van der Waals surface area contributed by atoms with E-state index in [2.05, 4.69) is 42.5 Å². The molecular weight excluding hydrogens is 415 g/mol. The maximum Gasteiger partial charge on any atom is 0.311 e. The smallest absolute Gasteiger partial charge is 0.311 e. The molecule has 1 aliphatic heterocycles. The van der Waals surface area contributed by atoms with E-state index in [-0.39, 0.29) is 23.6 Å². The van der Waals surface area contributed by atoms with E-state index < -0.39 is 5.41 Å². The lowest BCUT2D eigenvalue weighted by Crippen LogP contribution is -2.41. The van der Waals surface area contributed by atoms with E-state index in [4.69, 9.17) is 4.74 Å². The summed E-state index contributed by atoms with van der Waals surface area (Å²) in [5.41, 5.74) is 8.34. The van der Waals surface area contributed by atoms with Gasteiger partial charge in [0.25, 0.3) is 0 Å². The number of hydrogen-bond donors (Lipinski definition) is 0. The van der Waals surface area contributed by atoms with E-state index in [9.17, 15) is 9.18 Å². The Labute approximate surface area is 194 Å². The van der Waals surface area contributed by atoms with Crippen LogP contribution in [0.4, 0.5) is 4.39 Å². The molecule has 2 aliphatic rings. The lowest BCUT2D eigenvalue weighted by molar-refractivity contribution is -0.158. The molecule has 4 nitrogen and oxygen atoms in total. The lowest BCUT2D eigenvalue weighted by atomic mass is 9.60. The largest absolute Gasteiger partial charge is 0.469 e. The number of aromatic nitrogens is 1. The third kappa shape index (κ3) is 3.24. The highest BCUT2D eigenvalue weighted by atomic mass is 19.1. The fraction of sp³-hybridized carbons (Fsp3) is 0.429. The molecule has 33 heavy (non-hydrogen) atoms. The number of ether oxygens (including phenoxy) is 1. The topological polar surface area (TPSA) is 43.6 Å². The van der Waals surface area contributed by atoms with Crippen molar-refractivity contribution in [2.45, 2.75) is 65.8 Å². The zero-order chi connectivity index (χ0) is 23.7. The Morgan fingerprint density at radius 3 is 2.58 bits per heavy atom. The summed E-state index contributed by atoms with van der Waals surface area (Å²) in [6.07, 6.45) is 1.54. The Bertz CT molecular complexity index is 1330. The van der Waals surface area contributed by atoms with E-state index in [1.165, 1.54) is 34.9 Å². The van der Waals surface area contributed by atoms with Crippen molar-refractivity contribution in [3.05, 3.63) is 64.1 Å². The minimum absolute atomic E-state index is 0.132. The van der Waals surface area contributed by atoms with Gasteiger partial charge in [0.05, 0.1) is 24.6 Å². The van der Waals surface area contributed by atoms with Gasteiger partial charge < -0.3 is 9.30 Å². The molecule has 1 aromatic heterocycles. The molecule has 2 heterocycles. The summed E-state index contributed by atoms with van der Waals surface area (Å²) >= 11 is 0. The lowest BCUT2D eigenvalue weighted by Gasteiger charge is -2.43. The number of benzene rings is 2. The molecule has 2 aromatic carbocycles. The number of rotatable bonds is 4. The molecule has 0 saturated heterocycles. The highest BCUT2D eigenvalue weighted by Gasteiger charge is 2.49. The fourth-order valence-corrected chi connectivity index (χ4v) is 5.87. The van der Waals surface area contributed by atoms with Crippen molar-refractivity contribution in [1.82, 2.24) is 4.57 Å². The zero-order valence-corrected chi connectivity index (χ0v) is 20.3. The summed E-state index contributed by atoms with van der Waals surface area (Å²) < 4.78 is 21.5. The first-order valence-electron chi connectivity index (χ1n) is 11.7. The number of carbonyl (C=O) groups excluding carboxylic acids is 1. The first kappa shape index (κ1) is 21.9. The van der Waals surface area contributed by atoms with Crippen LogP contribution in [0.5, 0.6) is 0 Å². The van der Waals surface area contributed by atoms with Gasteiger partial charge >= 0.3 is 5.97 Å². The van der Waals surface area contributed by atoms with E-state index in [1.54, 1.807) is 6.07 Å². The number of hydrogen-bond acceptors (Lipinski definition) is 3. The van der Waals surface area contributed by atoms with Crippen LogP contribution in [-0.4, -0.2) is 23.4 Å². The van der Waals surface area contributed by atoms with Gasteiger partial charge in [0.1, 0.15) is 5.82 Å². The van der Waals surface area contributed by atoms with E-state index in [1.807, 2.05) is 26.0 Å². The number of methoxy groups -OCH3 is 1. The molecule has 0 atom stereocenters. The fourth-order valence-electron chi connectivity index (χ4n) is 5.87. The summed E-state index contributed by atoms with van der Waals surface area (Å²) in [4.78, 5) is 17.0. The molecule has 0 amide bonds. The number of halogens is 1. The zero-order valence-electron chi connectivity index (χ0n) is 20.3. The van der Waals surface area contributed by atoms with Crippen LogP contribution < -0.4 is 0 Å². The number of aliphatic imine (C=N–C) groups is 1. The summed E-state index contributed by atoms with van der Waals surface area (Å²) in [6, 6.07) is 9.90. The Kier molecular flexibility index (Phi) is 5.00. The van der Waals surface area contributed by atoms with Gasteiger partial charge in [-0.2, -0.15) is 0 Å². The van der Waals surface area contributed by atoms with Crippen molar-refractivity contribution in [2.24, 2.45) is 10.4 Å². The Hall–Kier alpha value is -2.95. The second-order valence-corrected chi connectivity index (χ2v) is 10.3. The van der Waals surface area contributed by atoms with Gasteiger partial charge in [-0.1, -0.05) is 13.8 Å². The molecule has 172 valence electrons. The molecular formula is C28H31FN2O2. The SMILES string of the molecule is COC(=O)C1(C)CC(c2c(C(C)C)n(-c3ccc(F)c(C)c3)c3cc4c(cc23)CN=C4C)C1. The van der Waals surface area contributed by atoms with Crippen molar-refractivity contribution in [2.75, 3.05) is 7.11 Å². The summed E-state index contributed by atoms with van der Waals surface area (Å²) in [5.74, 6) is 0.205. The third-order valence-electron chi connectivity index (χ3n) is 7.57. The molecule has 0 N–H and O–H groups in total. The molecule has 0 radical (unpaired) electrons. The van der Waals surface area contributed by atoms with Crippen molar-refractivity contribution >= 4 is 22.6 Å². The summed E-state index contributed by atoms with van der Waals surface area (Å²) in [7, 11) is 1.47.